The number of rotatable bonds is 2. The fourth-order valence-corrected chi connectivity index (χ4v) is 3.62. The van der Waals surface area contributed by atoms with E-state index in [9.17, 15) is 4.79 Å². The average Bonchev–Trinajstić information content (AvgIpc) is 3.07. The fraction of sp³-hybridized carbons (Fsp3) is 0.333. The summed E-state index contributed by atoms with van der Waals surface area (Å²) in [5.41, 5.74) is 3.82. The fourth-order valence-electron chi connectivity index (χ4n) is 3.62. The van der Waals surface area contributed by atoms with E-state index in [-0.39, 0.29) is 11.6 Å². The molecule has 0 aliphatic carbocycles. The standard InChI is InChI=1S/C21H23N3O2/c1-16-6-5-9-18(14-16)22-20(25)24-12-10-21(11-13-24)15-19(23-26-21)17-7-3-2-4-8-17/h2-9,14H,10-13,15H2,1H3,(H,22,25). The largest absolute Gasteiger partial charge is 0.388 e. The summed E-state index contributed by atoms with van der Waals surface area (Å²) < 4.78 is 0. The summed E-state index contributed by atoms with van der Waals surface area (Å²) in [4.78, 5) is 20.2. The van der Waals surface area contributed by atoms with Crippen LogP contribution in [0, 0.1) is 6.92 Å². The molecule has 2 aromatic carbocycles. The number of carbonyl (C=O) groups is 1. The molecule has 0 atom stereocenters. The minimum absolute atomic E-state index is 0.0485. The highest BCUT2D eigenvalue weighted by molar-refractivity contribution is 6.01. The molecule has 2 aliphatic rings. The van der Waals surface area contributed by atoms with Crippen LogP contribution in [-0.4, -0.2) is 35.3 Å². The molecule has 5 heteroatoms. The number of nitrogens with zero attached hydrogens (tertiary/aromatic N) is 2. The third-order valence-corrected chi connectivity index (χ3v) is 5.18. The van der Waals surface area contributed by atoms with Gasteiger partial charge in [-0.2, -0.15) is 0 Å². The zero-order valence-electron chi connectivity index (χ0n) is 14.9. The van der Waals surface area contributed by atoms with Crippen molar-refractivity contribution in [2.75, 3.05) is 18.4 Å². The van der Waals surface area contributed by atoms with Gasteiger partial charge < -0.3 is 15.1 Å². The first-order valence-corrected chi connectivity index (χ1v) is 9.07. The Morgan fingerprint density at radius 1 is 1.12 bits per heavy atom. The zero-order valence-corrected chi connectivity index (χ0v) is 14.9. The van der Waals surface area contributed by atoms with Crippen LogP contribution in [0.2, 0.25) is 0 Å². The number of urea groups is 1. The molecule has 134 valence electrons. The van der Waals surface area contributed by atoms with E-state index < -0.39 is 0 Å². The normalized spacial score (nSPS) is 18.3. The van der Waals surface area contributed by atoms with Crippen LogP contribution in [-0.2, 0) is 4.84 Å². The lowest BCUT2D eigenvalue weighted by molar-refractivity contribution is -0.0544. The number of amides is 2. The van der Waals surface area contributed by atoms with Crippen molar-refractivity contribution in [2.45, 2.75) is 31.8 Å². The number of anilines is 1. The molecule has 0 aromatic heterocycles. The summed E-state index contributed by atoms with van der Waals surface area (Å²) in [5, 5.41) is 7.31. The topological polar surface area (TPSA) is 53.9 Å². The van der Waals surface area contributed by atoms with E-state index in [1.165, 1.54) is 0 Å². The van der Waals surface area contributed by atoms with Gasteiger partial charge in [-0.3, -0.25) is 0 Å². The summed E-state index contributed by atoms with van der Waals surface area (Å²) in [5.74, 6) is 0. The van der Waals surface area contributed by atoms with Crippen LogP contribution in [0.3, 0.4) is 0 Å². The van der Waals surface area contributed by atoms with Gasteiger partial charge in [-0.1, -0.05) is 47.6 Å². The van der Waals surface area contributed by atoms with Gasteiger partial charge in [0.2, 0.25) is 0 Å². The van der Waals surface area contributed by atoms with E-state index in [1.54, 1.807) is 0 Å². The van der Waals surface area contributed by atoms with Gasteiger partial charge in [0.25, 0.3) is 0 Å². The molecule has 1 N–H and O–H groups in total. The molecule has 0 saturated carbocycles. The quantitative estimate of drug-likeness (QED) is 0.884. The monoisotopic (exact) mass is 349 g/mol. The van der Waals surface area contributed by atoms with Crippen molar-refractivity contribution in [3.63, 3.8) is 0 Å². The van der Waals surface area contributed by atoms with Crippen molar-refractivity contribution in [2.24, 2.45) is 5.16 Å². The van der Waals surface area contributed by atoms with Gasteiger partial charge in [0, 0.05) is 38.0 Å². The molecule has 2 amide bonds. The SMILES string of the molecule is Cc1cccc(NC(=O)N2CCC3(CC2)CC(c2ccccc2)=NO3)c1. The second kappa shape index (κ2) is 6.83. The van der Waals surface area contributed by atoms with Crippen LogP contribution in [0.25, 0.3) is 0 Å². The molecular weight excluding hydrogens is 326 g/mol. The predicted molar refractivity (Wildman–Crippen MR) is 102 cm³/mol. The number of piperidine rings is 1. The number of hydrogen-bond acceptors (Lipinski definition) is 3. The average molecular weight is 349 g/mol. The minimum atomic E-state index is -0.259. The summed E-state index contributed by atoms with van der Waals surface area (Å²) in [6.07, 6.45) is 2.41. The van der Waals surface area contributed by atoms with Gasteiger partial charge in [0.1, 0.15) is 5.60 Å². The number of benzene rings is 2. The van der Waals surface area contributed by atoms with Crippen LogP contribution in [0.1, 0.15) is 30.4 Å². The van der Waals surface area contributed by atoms with Crippen LogP contribution in [0.15, 0.2) is 59.8 Å². The van der Waals surface area contributed by atoms with Crippen molar-refractivity contribution < 1.29 is 9.63 Å². The highest BCUT2D eigenvalue weighted by Crippen LogP contribution is 2.36. The van der Waals surface area contributed by atoms with E-state index in [2.05, 4.69) is 22.6 Å². The lowest BCUT2D eigenvalue weighted by Gasteiger charge is -2.37. The summed E-state index contributed by atoms with van der Waals surface area (Å²) >= 11 is 0. The van der Waals surface area contributed by atoms with E-state index in [0.717, 1.165) is 41.8 Å². The van der Waals surface area contributed by atoms with Gasteiger partial charge in [-0.25, -0.2) is 4.79 Å². The van der Waals surface area contributed by atoms with Crippen molar-refractivity contribution in [1.29, 1.82) is 0 Å². The Hall–Kier alpha value is -2.82. The Bertz CT molecular complexity index is 824. The van der Waals surface area contributed by atoms with Gasteiger partial charge >= 0.3 is 6.03 Å². The first-order valence-electron chi connectivity index (χ1n) is 9.07. The van der Waals surface area contributed by atoms with Gasteiger partial charge in [0.15, 0.2) is 0 Å². The second-order valence-electron chi connectivity index (χ2n) is 7.14. The molecule has 5 nitrogen and oxygen atoms in total. The van der Waals surface area contributed by atoms with Gasteiger partial charge in [-0.15, -0.1) is 0 Å². The Morgan fingerprint density at radius 3 is 2.62 bits per heavy atom. The molecular formula is C21H23N3O2. The Morgan fingerprint density at radius 2 is 1.88 bits per heavy atom. The van der Waals surface area contributed by atoms with Crippen LogP contribution >= 0.6 is 0 Å². The van der Waals surface area contributed by atoms with Crippen LogP contribution in [0.5, 0.6) is 0 Å². The lowest BCUT2D eigenvalue weighted by atomic mass is 9.85. The third kappa shape index (κ3) is 3.43. The Balaban J connectivity index is 1.34. The van der Waals surface area contributed by atoms with E-state index in [1.807, 2.05) is 54.3 Å². The highest BCUT2D eigenvalue weighted by Gasteiger charge is 2.43. The van der Waals surface area contributed by atoms with E-state index >= 15 is 0 Å². The Kier molecular flexibility index (Phi) is 4.37. The molecule has 0 unspecified atom stereocenters. The van der Waals surface area contributed by atoms with Crippen molar-refractivity contribution in [1.82, 2.24) is 4.90 Å². The number of hydrogen-bond donors (Lipinski definition) is 1. The molecule has 2 aromatic rings. The zero-order chi connectivity index (χ0) is 18.0. The molecule has 2 heterocycles. The maximum absolute atomic E-state index is 12.5. The highest BCUT2D eigenvalue weighted by atomic mass is 16.7. The van der Waals surface area contributed by atoms with Gasteiger partial charge in [-0.05, 0) is 30.2 Å². The molecule has 1 fully saturated rings. The number of nitrogens with one attached hydrogen (secondary N) is 1. The second-order valence-corrected chi connectivity index (χ2v) is 7.14. The van der Waals surface area contributed by atoms with Crippen molar-refractivity contribution in [3.8, 4) is 0 Å². The number of aryl methyl sites for hydroxylation is 1. The first kappa shape index (κ1) is 16.6. The van der Waals surface area contributed by atoms with Crippen molar-refractivity contribution in [3.05, 3.63) is 65.7 Å². The minimum Gasteiger partial charge on any atom is -0.388 e. The number of oxime groups is 1. The molecule has 1 spiro atoms. The van der Waals surface area contributed by atoms with Crippen molar-refractivity contribution >= 4 is 17.4 Å². The van der Waals surface area contributed by atoms with Crippen LogP contribution in [0.4, 0.5) is 10.5 Å². The number of carbonyl (C=O) groups excluding carboxylic acids is 1. The number of likely N-dealkylation sites (tertiary alicyclic amines) is 1. The maximum Gasteiger partial charge on any atom is 0.321 e. The first-order chi connectivity index (χ1) is 12.6. The molecule has 2 aliphatic heterocycles. The van der Waals surface area contributed by atoms with Gasteiger partial charge in [0.05, 0.1) is 5.71 Å². The molecule has 4 rings (SSSR count). The molecule has 0 bridgehead atoms. The van der Waals surface area contributed by atoms with E-state index in [4.69, 9.17) is 4.84 Å². The van der Waals surface area contributed by atoms with E-state index in [0.29, 0.717) is 13.1 Å². The molecule has 1 saturated heterocycles. The Labute approximate surface area is 153 Å². The summed E-state index contributed by atoms with van der Waals surface area (Å²) in [7, 11) is 0. The molecule has 0 radical (unpaired) electrons. The summed E-state index contributed by atoms with van der Waals surface area (Å²) in [6, 6.07) is 18.0. The maximum atomic E-state index is 12.5. The molecule has 26 heavy (non-hydrogen) atoms. The summed E-state index contributed by atoms with van der Waals surface area (Å²) in [6.45, 7) is 3.37. The third-order valence-electron chi connectivity index (χ3n) is 5.18. The lowest BCUT2D eigenvalue weighted by Crippen LogP contribution is -2.48. The predicted octanol–water partition coefficient (Wildman–Crippen LogP) is 4.19. The smallest absolute Gasteiger partial charge is 0.321 e. The van der Waals surface area contributed by atoms with Crippen LogP contribution < -0.4 is 5.32 Å².